The molecule has 0 N–H and O–H groups in total. The minimum Gasteiger partial charge on any atom is -0.493 e. The first-order valence-electron chi connectivity index (χ1n) is 10.5. The highest BCUT2D eigenvalue weighted by atomic mass is 32.2. The molecule has 4 rings (SSSR count). The van der Waals surface area contributed by atoms with Crippen LogP contribution in [0.25, 0.3) is 0 Å². The molecular weight excluding hydrogens is 418 g/mol. The average molecular weight is 448 g/mol. The SMILES string of the molecule is COc1cc2c(cc1OC)[C@H](C)N(C(=O)c1cc(S(=O)(=O)N3CCCC3)cn1C)CC2. The summed E-state index contributed by atoms with van der Waals surface area (Å²) >= 11 is 0. The van der Waals surface area contributed by atoms with Crippen LogP contribution in [0.5, 0.6) is 11.5 Å². The maximum atomic E-state index is 13.4. The lowest BCUT2D eigenvalue weighted by Crippen LogP contribution is -2.39. The van der Waals surface area contributed by atoms with E-state index in [4.69, 9.17) is 9.47 Å². The van der Waals surface area contributed by atoms with Gasteiger partial charge in [-0.25, -0.2) is 8.42 Å². The van der Waals surface area contributed by atoms with Gasteiger partial charge in [0.1, 0.15) is 10.6 Å². The molecule has 2 aliphatic rings. The topological polar surface area (TPSA) is 81.1 Å². The summed E-state index contributed by atoms with van der Waals surface area (Å²) in [7, 11) is 1.34. The van der Waals surface area contributed by atoms with E-state index in [0.29, 0.717) is 43.2 Å². The minimum absolute atomic E-state index is 0.176. The van der Waals surface area contributed by atoms with Crippen molar-refractivity contribution in [2.75, 3.05) is 33.9 Å². The molecule has 2 aromatic rings. The van der Waals surface area contributed by atoms with E-state index in [-0.39, 0.29) is 16.8 Å². The Bertz CT molecular complexity index is 1100. The number of aryl methyl sites for hydroxylation is 1. The van der Waals surface area contributed by atoms with E-state index in [1.165, 1.54) is 16.6 Å². The molecule has 0 spiro atoms. The number of nitrogens with zero attached hydrogens (tertiary/aromatic N) is 3. The zero-order chi connectivity index (χ0) is 22.3. The molecular formula is C22H29N3O5S. The Hall–Kier alpha value is -2.52. The third kappa shape index (κ3) is 3.70. The zero-order valence-electron chi connectivity index (χ0n) is 18.4. The summed E-state index contributed by atoms with van der Waals surface area (Å²) in [4.78, 5) is 15.4. The lowest BCUT2D eigenvalue weighted by atomic mass is 9.92. The Morgan fingerprint density at radius 2 is 1.68 bits per heavy atom. The second-order valence-corrected chi connectivity index (χ2v) is 10.1. The number of hydrogen-bond acceptors (Lipinski definition) is 5. The largest absolute Gasteiger partial charge is 0.493 e. The summed E-state index contributed by atoms with van der Waals surface area (Å²) in [5, 5.41) is 0. The van der Waals surface area contributed by atoms with Crippen LogP contribution in [-0.4, -0.2) is 62.0 Å². The van der Waals surface area contributed by atoms with Crippen LogP contribution in [0.3, 0.4) is 0 Å². The number of amides is 1. The molecule has 0 unspecified atom stereocenters. The lowest BCUT2D eigenvalue weighted by Gasteiger charge is -2.35. The molecule has 1 saturated heterocycles. The molecule has 1 aromatic heterocycles. The van der Waals surface area contributed by atoms with Gasteiger partial charge in [-0.2, -0.15) is 4.31 Å². The molecule has 1 fully saturated rings. The Morgan fingerprint density at radius 1 is 1.03 bits per heavy atom. The maximum Gasteiger partial charge on any atom is 0.271 e. The molecule has 1 atom stereocenters. The smallest absolute Gasteiger partial charge is 0.271 e. The molecule has 8 nitrogen and oxygen atoms in total. The number of benzene rings is 1. The summed E-state index contributed by atoms with van der Waals surface area (Å²) in [5.41, 5.74) is 2.50. The highest BCUT2D eigenvalue weighted by Crippen LogP contribution is 2.38. The van der Waals surface area contributed by atoms with Gasteiger partial charge in [0.25, 0.3) is 5.91 Å². The van der Waals surface area contributed by atoms with E-state index in [9.17, 15) is 13.2 Å². The zero-order valence-corrected chi connectivity index (χ0v) is 19.2. The number of hydrogen-bond donors (Lipinski definition) is 0. The van der Waals surface area contributed by atoms with Crippen LogP contribution in [0, 0.1) is 0 Å². The predicted octanol–water partition coefficient (Wildman–Crippen LogP) is 2.59. The minimum atomic E-state index is -3.57. The van der Waals surface area contributed by atoms with E-state index in [1.807, 2.05) is 19.1 Å². The maximum absolute atomic E-state index is 13.4. The van der Waals surface area contributed by atoms with Gasteiger partial charge in [0.15, 0.2) is 11.5 Å². The molecule has 168 valence electrons. The monoisotopic (exact) mass is 447 g/mol. The molecule has 1 amide bonds. The van der Waals surface area contributed by atoms with Crippen LogP contribution < -0.4 is 9.47 Å². The number of rotatable bonds is 5. The number of sulfonamides is 1. The highest BCUT2D eigenvalue weighted by molar-refractivity contribution is 7.89. The van der Waals surface area contributed by atoms with Gasteiger partial charge in [0, 0.05) is 32.9 Å². The first kappa shape index (κ1) is 21.7. The van der Waals surface area contributed by atoms with Crippen molar-refractivity contribution in [3.63, 3.8) is 0 Å². The van der Waals surface area contributed by atoms with E-state index in [0.717, 1.165) is 24.0 Å². The van der Waals surface area contributed by atoms with E-state index in [1.54, 1.807) is 30.7 Å². The average Bonchev–Trinajstić information content (AvgIpc) is 3.43. The Balaban J connectivity index is 1.63. The molecule has 0 aliphatic carbocycles. The number of carbonyl (C=O) groups is 1. The van der Waals surface area contributed by atoms with Gasteiger partial charge in [-0.1, -0.05) is 0 Å². The third-order valence-electron chi connectivity index (χ3n) is 6.35. The fraction of sp³-hybridized carbons (Fsp3) is 0.500. The van der Waals surface area contributed by atoms with Crippen molar-refractivity contribution in [1.29, 1.82) is 0 Å². The summed E-state index contributed by atoms with van der Waals surface area (Å²) in [6, 6.07) is 5.22. The fourth-order valence-electron chi connectivity index (χ4n) is 4.53. The van der Waals surface area contributed by atoms with Crippen molar-refractivity contribution in [3.8, 4) is 11.5 Å². The quantitative estimate of drug-likeness (QED) is 0.704. The van der Waals surface area contributed by atoms with Crippen molar-refractivity contribution in [2.45, 2.75) is 37.1 Å². The Labute approximate surface area is 183 Å². The standard InChI is InChI=1S/C22H29N3O5S/c1-15-18-13-21(30-4)20(29-3)11-16(18)7-10-25(15)22(26)19-12-17(14-23(19)2)31(27,28)24-8-5-6-9-24/h11-15H,5-10H2,1-4H3/t15-/m0/s1. The van der Waals surface area contributed by atoms with E-state index in [2.05, 4.69) is 0 Å². The number of aromatic nitrogens is 1. The van der Waals surface area contributed by atoms with Crippen LogP contribution in [0.4, 0.5) is 0 Å². The summed E-state index contributed by atoms with van der Waals surface area (Å²) in [6.07, 6.45) is 3.97. The molecule has 3 heterocycles. The fourth-order valence-corrected chi connectivity index (χ4v) is 6.12. The first-order valence-corrected chi connectivity index (χ1v) is 11.9. The van der Waals surface area contributed by atoms with E-state index < -0.39 is 10.0 Å². The van der Waals surface area contributed by atoms with Crippen LogP contribution >= 0.6 is 0 Å². The lowest BCUT2D eigenvalue weighted by molar-refractivity contribution is 0.0667. The molecule has 9 heteroatoms. The van der Waals surface area contributed by atoms with Crippen molar-refractivity contribution in [1.82, 2.24) is 13.8 Å². The van der Waals surface area contributed by atoms with Gasteiger partial charge in [0.2, 0.25) is 10.0 Å². The van der Waals surface area contributed by atoms with Crippen LogP contribution in [0.15, 0.2) is 29.3 Å². The molecule has 1 aromatic carbocycles. The number of fused-ring (bicyclic) bond motifs is 1. The Morgan fingerprint density at radius 3 is 2.32 bits per heavy atom. The van der Waals surface area contributed by atoms with Crippen molar-refractivity contribution < 1.29 is 22.7 Å². The summed E-state index contributed by atoms with van der Waals surface area (Å²) < 4.78 is 39.8. The van der Waals surface area contributed by atoms with Crippen molar-refractivity contribution >= 4 is 15.9 Å². The van der Waals surface area contributed by atoms with Gasteiger partial charge in [-0.05, 0) is 55.5 Å². The van der Waals surface area contributed by atoms with Crippen molar-refractivity contribution in [3.05, 3.63) is 41.2 Å². The summed E-state index contributed by atoms with van der Waals surface area (Å²) in [5.74, 6) is 1.12. The molecule has 0 radical (unpaired) electrons. The van der Waals surface area contributed by atoms with Gasteiger partial charge in [0.05, 0.1) is 20.3 Å². The van der Waals surface area contributed by atoms with Gasteiger partial charge < -0.3 is 18.9 Å². The number of ether oxygens (including phenoxy) is 2. The third-order valence-corrected chi connectivity index (χ3v) is 8.21. The predicted molar refractivity (Wildman–Crippen MR) is 116 cm³/mol. The molecule has 0 bridgehead atoms. The second-order valence-electron chi connectivity index (χ2n) is 8.11. The molecule has 31 heavy (non-hydrogen) atoms. The van der Waals surface area contributed by atoms with Crippen LogP contribution in [0.2, 0.25) is 0 Å². The van der Waals surface area contributed by atoms with Crippen LogP contribution in [0.1, 0.15) is 47.4 Å². The first-order chi connectivity index (χ1) is 14.8. The van der Waals surface area contributed by atoms with Gasteiger partial charge >= 0.3 is 0 Å². The van der Waals surface area contributed by atoms with E-state index >= 15 is 0 Å². The number of carbonyl (C=O) groups excluding carboxylic acids is 1. The van der Waals surface area contributed by atoms with Crippen LogP contribution in [-0.2, 0) is 23.5 Å². The highest BCUT2D eigenvalue weighted by Gasteiger charge is 2.33. The van der Waals surface area contributed by atoms with Crippen molar-refractivity contribution in [2.24, 2.45) is 7.05 Å². The normalized spacial score (nSPS) is 19.4. The van der Waals surface area contributed by atoms with Gasteiger partial charge in [-0.15, -0.1) is 0 Å². The molecule has 2 aliphatic heterocycles. The number of methoxy groups -OCH3 is 2. The summed E-state index contributed by atoms with van der Waals surface area (Å²) in [6.45, 7) is 3.59. The second kappa shape index (κ2) is 8.20. The Kier molecular flexibility index (Phi) is 5.74. The molecule has 0 saturated carbocycles. The van der Waals surface area contributed by atoms with Gasteiger partial charge in [-0.3, -0.25) is 4.79 Å².